The van der Waals surface area contributed by atoms with Gasteiger partial charge in [-0.15, -0.1) is 0 Å². The number of hydrogen-bond donors (Lipinski definition) is 2. The van der Waals surface area contributed by atoms with E-state index < -0.39 is 11.9 Å². The molecule has 5 nitrogen and oxygen atoms in total. The van der Waals surface area contributed by atoms with Crippen molar-refractivity contribution in [3.05, 3.63) is 24.0 Å². The topological polar surface area (TPSA) is 71.3 Å². The van der Waals surface area contributed by atoms with E-state index in [2.05, 4.69) is 5.32 Å². The number of carboxylic acids is 1. The fourth-order valence-corrected chi connectivity index (χ4v) is 3.10. The Balaban J connectivity index is 1.71. The molecular weight excluding hydrogens is 256 g/mol. The minimum atomic E-state index is -0.799. The molecule has 2 atom stereocenters. The third kappa shape index (κ3) is 2.57. The van der Waals surface area contributed by atoms with E-state index >= 15 is 0 Å². The van der Waals surface area contributed by atoms with E-state index in [0.29, 0.717) is 18.2 Å². The molecule has 0 bridgehead atoms. The number of nitrogens with zero attached hydrogens (tertiary/aromatic N) is 1. The van der Waals surface area contributed by atoms with Gasteiger partial charge in [0, 0.05) is 18.3 Å². The highest BCUT2D eigenvalue weighted by Gasteiger charge is 2.33. The van der Waals surface area contributed by atoms with Crippen LogP contribution in [0.15, 0.2) is 18.3 Å². The summed E-state index contributed by atoms with van der Waals surface area (Å²) in [6, 6.07) is 3.90. The van der Waals surface area contributed by atoms with Crippen LogP contribution in [0.3, 0.4) is 0 Å². The van der Waals surface area contributed by atoms with Crippen LogP contribution in [0.2, 0.25) is 0 Å². The maximum Gasteiger partial charge on any atom is 0.308 e. The molecule has 108 valence electrons. The molecule has 0 spiro atoms. The van der Waals surface area contributed by atoms with Crippen LogP contribution in [0.4, 0.5) is 0 Å². The minimum Gasteiger partial charge on any atom is -0.481 e. The normalized spacial score (nSPS) is 26.2. The van der Waals surface area contributed by atoms with E-state index in [1.807, 2.05) is 22.9 Å². The van der Waals surface area contributed by atoms with E-state index in [0.717, 1.165) is 32.1 Å². The van der Waals surface area contributed by atoms with Gasteiger partial charge in [0.2, 0.25) is 0 Å². The van der Waals surface area contributed by atoms with Gasteiger partial charge in [-0.3, -0.25) is 9.59 Å². The average Bonchev–Trinajstić information content (AvgIpc) is 3.16. The van der Waals surface area contributed by atoms with Crippen LogP contribution in [0.5, 0.6) is 0 Å². The van der Waals surface area contributed by atoms with Gasteiger partial charge in [-0.05, 0) is 37.8 Å². The lowest BCUT2D eigenvalue weighted by molar-refractivity contribution is -0.143. The lowest BCUT2D eigenvalue weighted by atomic mass is 9.84. The van der Waals surface area contributed by atoms with E-state index in [-0.39, 0.29) is 11.9 Å². The van der Waals surface area contributed by atoms with Gasteiger partial charge in [0.15, 0.2) is 0 Å². The first-order valence-electron chi connectivity index (χ1n) is 7.37. The third-order valence-corrected chi connectivity index (χ3v) is 4.35. The summed E-state index contributed by atoms with van der Waals surface area (Å²) < 4.78 is 2.01. The number of hydrogen-bond acceptors (Lipinski definition) is 2. The van der Waals surface area contributed by atoms with Crippen LogP contribution in [0.25, 0.3) is 0 Å². The van der Waals surface area contributed by atoms with Crippen molar-refractivity contribution in [3.63, 3.8) is 0 Å². The van der Waals surface area contributed by atoms with Crippen LogP contribution < -0.4 is 5.32 Å². The van der Waals surface area contributed by atoms with Gasteiger partial charge in [0.25, 0.3) is 5.91 Å². The van der Waals surface area contributed by atoms with E-state index in [1.165, 1.54) is 0 Å². The number of carbonyl (C=O) groups excluding carboxylic acids is 1. The molecular formula is C15H20N2O3. The highest BCUT2D eigenvalue weighted by molar-refractivity contribution is 5.93. The number of carbonyl (C=O) groups is 2. The summed E-state index contributed by atoms with van der Waals surface area (Å²) in [5, 5.41) is 12.2. The van der Waals surface area contributed by atoms with E-state index in [9.17, 15) is 14.7 Å². The SMILES string of the molecule is O=C(NC1CCCCC1C(=O)O)c1cccn1C1CC1. The summed E-state index contributed by atoms with van der Waals surface area (Å²) in [6.45, 7) is 0. The second-order valence-corrected chi connectivity index (χ2v) is 5.84. The second kappa shape index (κ2) is 5.31. The zero-order valence-corrected chi connectivity index (χ0v) is 11.4. The van der Waals surface area contributed by atoms with Crippen LogP contribution >= 0.6 is 0 Å². The van der Waals surface area contributed by atoms with Crippen molar-refractivity contribution in [1.82, 2.24) is 9.88 Å². The molecule has 2 aliphatic carbocycles. The summed E-state index contributed by atoms with van der Waals surface area (Å²) in [5.41, 5.74) is 0.655. The molecule has 2 saturated carbocycles. The molecule has 0 saturated heterocycles. The zero-order valence-electron chi connectivity index (χ0n) is 11.4. The monoisotopic (exact) mass is 276 g/mol. The van der Waals surface area contributed by atoms with Crippen LogP contribution in [0.1, 0.15) is 55.1 Å². The molecule has 1 aromatic rings. The molecule has 2 fully saturated rings. The first kappa shape index (κ1) is 13.2. The first-order valence-corrected chi connectivity index (χ1v) is 7.37. The molecule has 3 rings (SSSR count). The number of amides is 1. The molecule has 2 N–H and O–H groups in total. The summed E-state index contributed by atoms with van der Waals surface area (Å²) in [5.74, 6) is -1.38. The number of nitrogens with one attached hydrogen (secondary N) is 1. The van der Waals surface area contributed by atoms with Gasteiger partial charge in [-0.1, -0.05) is 12.8 Å². The number of rotatable bonds is 4. The lowest BCUT2D eigenvalue weighted by Crippen LogP contribution is -2.45. The second-order valence-electron chi connectivity index (χ2n) is 5.84. The molecule has 1 heterocycles. The minimum absolute atomic E-state index is 0.139. The summed E-state index contributed by atoms with van der Waals surface area (Å²) >= 11 is 0. The predicted molar refractivity (Wildman–Crippen MR) is 73.6 cm³/mol. The van der Waals surface area contributed by atoms with Crippen LogP contribution in [-0.2, 0) is 4.79 Å². The predicted octanol–water partition coefficient (Wildman–Crippen LogP) is 2.20. The summed E-state index contributed by atoms with van der Waals surface area (Å²) in [4.78, 5) is 23.6. The largest absolute Gasteiger partial charge is 0.481 e. The van der Waals surface area contributed by atoms with E-state index in [4.69, 9.17) is 0 Å². The number of carboxylic acid groups (broad SMARTS) is 1. The van der Waals surface area contributed by atoms with Crippen molar-refractivity contribution >= 4 is 11.9 Å². The Morgan fingerprint density at radius 2 is 1.95 bits per heavy atom. The van der Waals surface area contributed by atoms with Gasteiger partial charge in [-0.25, -0.2) is 0 Å². The Hall–Kier alpha value is -1.78. The molecule has 20 heavy (non-hydrogen) atoms. The average molecular weight is 276 g/mol. The Bertz CT molecular complexity index is 519. The van der Waals surface area contributed by atoms with Gasteiger partial charge in [0.05, 0.1) is 5.92 Å². The Morgan fingerprint density at radius 1 is 1.20 bits per heavy atom. The fourth-order valence-electron chi connectivity index (χ4n) is 3.10. The molecule has 0 radical (unpaired) electrons. The van der Waals surface area contributed by atoms with Crippen molar-refractivity contribution in [3.8, 4) is 0 Å². The Morgan fingerprint density at radius 3 is 2.65 bits per heavy atom. The summed E-state index contributed by atoms with van der Waals surface area (Å²) in [7, 11) is 0. The van der Waals surface area contributed by atoms with Gasteiger partial charge < -0.3 is 15.0 Å². The summed E-state index contributed by atoms with van der Waals surface area (Å²) in [6.07, 6.45) is 7.51. The quantitative estimate of drug-likeness (QED) is 0.885. The van der Waals surface area contributed by atoms with Crippen molar-refractivity contribution in [2.75, 3.05) is 0 Å². The first-order chi connectivity index (χ1) is 9.66. The molecule has 1 aromatic heterocycles. The highest BCUT2D eigenvalue weighted by atomic mass is 16.4. The lowest BCUT2D eigenvalue weighted by Gasteiger charge is -2.29. The van der Waals surface area contributed by atoms with Gasteiger partial charge in [0.1, 0.15) is 5.69 Å². The maximum absolute atomic E-state index is 12.4. The Labute approximate surface area is 118 Å². The van der Waals surface area contributed by atoms with Crippen molar-refractivity contribution < 1.29 is 14.7 Å². The van der Waals surface area contributed by atoms with Crippen molar-refractivity contribution in [1.29, 1.82) is 0 Å². The molecule has 2 unspecified atom stereocenters. The highest BCUT2D eigenvalue weighted by Crippen LogP contribution is 2.36. The smallest absolute Gasteiger partial charge is 0.308 e. The maximum atomic E-state index is 12.4. The van der Waals surface area contributed by atoms with Crippen molar-refractivity contribution in [2.24, 2.45) is 5.92 Å². The van der Waals surface area contributed by atoms with Crippen molar-refractivity contribution in [2.45, 2.75) is 50.6 Å². The molecule has 2 aliphatic rings. The molecule has 0 aromatic carbocycles. The molecule has 1 amide bonds. The van der Waals surface area contributed by atoms with Crippen LogP contribution in [0, 0.1) is 5.92 Å². The fraction of sp³-hybridized carbons (Fsp3) is 0.600. The standard InChI is InChI=1S/C15H20N2O3/c18-14(13-6-3-9-17(13)10-7-8-10)16-12-5-2-1-4-11(12)15(19)20/h3,6,9-12H,1-2,4-5,7-8H2,(H,16,18)(H,19,20). The molecule has 5 heteroatoms. The van der Waals surface area contributed by atoms with Gasteiger partial charge >= 0.3 is 5.97 Å². The third-order valence-electron chi connectivity index (χ3n) is 4.35. The number of aliphatic carboxylic acids is 1. The number of aromatic nitrogens is 1. The van der Waals surface area contributed by atoms with Crippen LogP contribution in [-0.4, -0.2) is 27.6 Å². The molecule has 0 aliphatic heterocycles. The Kier molecular flexibility index (Phi) is 3.51. The van der Waals surface area contributed by atoms with Gasteiger partial charge in [-0.2, -0.15) is 0 Å². The van der Waals surface area contributed by atoms with E-state index in [1.54, 1.807) is 0 Å². The zero-order chi connectivity index (χ0) is 14.1.